The third kappa shape index (κ3) is 4.35. The second kappa shape index (κ2) is 7.70. The van der Waals surface area contributed by atoms with Crippen molar-refractivity contribution >= 4 is 30.3 Å². The molecule has 1 aliphatic rings. The van der Waals surface area contributed by atoms with E-state index >= 15 is 0 Å². The first-order valence-corrected chi connectivity index (χ1v) is 6.44. The quantitative estimate of drug-likeness (QED) is 0.866. The predicted octanol–water partition coefficient (Wildman–Crippen LogP) is 2.09. The van der Waals surface area contributed by atoms with E-state index in [9.17, 15) is 4.79 Å². The molecule has 4 nitrogen and oxygen atoms in total. The molecule has 6 heteroatoms. The van der Waals surface area contributed by atoms with Gasteiger partial charge in [0.2, 0.25) is 0 Å². The fourth-order valence-corrected chi connectivity index (χ4v) is 2.28. The van der Waals surface area contributed by atoms with Gasteiger partial charge in [-0.05, 0) is 25.0 Å². The van der Waals surface area contributed by atoms with Crippen molar-refractivity contribution in [2.45, 2.75) is 25.1 Å². The van der Waals surface area contributed by atoms with Crippen molar-refractivity contribution in [3.05, 3.63) is 29.3 Å². The highest BCUT2D eigenvalue weighted by Gasteiger charge is 2.24. The Labute approximate surface area is 124 Å². The Bertz CT molecular complexity index is 409. The zero-order chi connectivity index (χ0) is 13.0. The standard InChI is InChI=1S/C13H17ClN2O2.ClH/c14-11-3-1-2-4-12(11)18-10-5-7-16(8-6-10)13(15)9-17;/h1-4,9-10,13H,5-8,15H2;1H. The summed E-state index contributed by atoms with van der Waals surface area (Å²) in [5, 5.41) is 0.629. The summed E-state index contributed by atoms with van der Waals surface area (Å²) < 4.78 is 5.86. The maximum Gasteiger partial charge on any atom is 0.151 e. The van der Waals surface area contributed by atoms with Crippen LogP contribution in [0.2, 0.25) is 5.02 Å². The van der Waals surface area contributed by atoms with Crippen molar-refractivity contribution in [3.63, 3.8) is 0 Å². The highest BCUT2D eigenvalue weighted by Crippen LogP contribution is 2.26. The normalized spacial score (nSPS) is 18.4. The van der Waals surface area contributed by atoms with Gasteiger partial charge in [0.25, 0.3) is 0 Å². The van der Waals surface area contributed by atoms with Crippen LogP contribution in [0.5, 0.6) is 5.75 Å². The number of para-hydroxylation sites is 1. The summed E-state index contributed by atoms with van der Waals surface area (Å²) in [5.74, 6) is 0.720. The zero-order valence-electron chi connectivity index (χ0n) is 10.5. The van der Waals surface area contributed by atoms with E-state index in [2.05, 4.69) is 0 Å². The minimum Gasteiger partial charge on any atom is -0.489 e. The lowest BCUT2D eigenvalue weighted by molar-refractivity contribution is -0.113. The van der Waals surface area contributed by atoms with E-state index in [0.717, 1.165) is 38.0 Å². The molecule has 2 rings (SSSR count). The third-order valence-corrected chi connectivity index (χ3v) is 3.48. The fraction of sp³-hybridized carbons (Fsp3) is 0.462. The van der Waals surface area contributed by atoms with Crippen LogP contribution < -0.4 is 10.5 Å². The maximum absolute atomic E-state index is 10.6. The number of piperidine rings is 1. The molecule has 2 N–H and O–H groups in total. The lowest BCUT2D eigenvalue weighted by atomic mass is 10.1. The van der Waals surface area contributed by atoms with Crippen molar-refractivity contribution in [1.82, 2.24) is 4.90 Å². The Hall–Kier alpha value is -0.810. The number of carbonyl (C=O) groups excluding carboxylic acids is 1. The summed E-state index contributed by atoms with van der Waals surface area (Å²) >= 11 is 6.04. The molecule has 1 saturated heterocycles. The van der Waals surface area contributed by atoms with Gasteiger partial charge in [-0.15, -0.1) is 12.4 Å². The molecule has 1 atom stereocenters. The van der Waals surface area contributed by atoms with Gasteiger partial charge in [-0.2, -0.15) is 0 Å². The number of halogens is 2. The van der Waals surface area contributed by atoms with Crippen LogP contribution in [0.15, 0.2) is 24.3 Å². The summed E-state index contributed by atoms with van der Waals surface area (Å²) in [6.07, 6.45) is 2.13. The minimum atomic E-state index is -0.494. The molecule has 106 valence electrons. The van der Waals surface area contributed by atoms with Crippen molar-refractivity contribution in [2.24, 2.45) is 5.73 Å². The van der Waals surface area contributed by atoms with Crippen LogP contribution in [0.3, 0.4) is 0 Å². The van der Waals surface area contributed by atoms with Crippen LogP contribution in [-0.2, 0) is 4.79 Å². The van der Waals surface area contributed by atoms with Gasteiger partial charge < -0.3 is 15.3 Å². The first-order chi connectivity index (χ1) is 8.70. The highest BCUT2D eigenvalue weighted by molar-refractivity contribution is 6.32. The van der Waals surface area contributed by atoms with E-state index in [1.54, 1.807) is 0 Å². The smallest absolute Gasteiger partial charge is 0.151 e. The van der Waals surface area contributed by atoms with Crippen LogP contribution in [-0.4, -0.2) is 36.5 Å². The molecule has 0 aliphatic carbocycles. The highest BCUT2D eigenvalue weighted by atomic mass is 35.5. The Morgan fingerprint density at radius 3 is 2.58 bits per heavy atom. The second-order valence-electron chi connectivity index (χ2n) is 4.41. The Morgan fingerprint density at radius 2 is 2.00 bits per heavy atom. The number of carbonyl (C=O) groups is 1. The van der Waals surface area contributed by atoms with Crippen LogP contribution in [0.1, 0.15) is 12.8 Å². The van der Waals surface area contributed by atoms with Gasteiger partial charge in [0, 0.05) is 13.1 Å². The van der Waals surface area contributed by atoms with E-state index < -0.39 is 6.17 Å². The van der Waals surface area contributed by atoms with E-state index in [4.69, 9.17) is 22.1 Å². The molecule has 1 aromatic carbocycles. The summed E-state index contributed by atoms with van der Waals surface area (Å²) in [7, 11) is 0. The average molecular weight is 305 g/mol. The van der Waals surface area contributed by atoms with Gasteiger partial charge in [-0.25, -0.2) is 0 Å². The lowest BCUT2D eigenvalue weighted by Crippen LogP contribution is -2.49. The monoisotopic (exact) mass is 304 g/mol. The maximum atomic E-state index is 10.6. The van der Waals surface area contributed by atoms with Crippen molar-refractivity contribution in [2.75, 3.05) is 13.1 Å². The predicted molar refractivity (Wildman–Crippen MR) is 78.0 cm³/mol. The molecule has 0 saturated carbocycles. The van der Waals surface area contributed by atoms with Crippen LogP contribution in [0, 0.1) is 0 Å². The Balaban J connectivity index is 0.00000180. The van der Waals surface area contributed by atoms with Gasteiger partial charge in [0.1, 0.15) is 18.0 Å². The van der Waals surface area contributed by atoms with Gasteiger partial charge in [0.15, 0.2) is 6.29 Å². The summed E-state index contributed by atoms with van der Waals surface area (Å²) in [5.41, 5.74) is 5.67. The van der Waals surface area contributed by atoms with Gasteiger partial charge in [-0.3, -0.25) is 4.90 Å². The van der Waals surface area contributed by atoms with E-state index in [1.807, 2.05) is 29.2 Å². The molecule has 19 heavy (non-hydrogen) atoms. The summed E-state index contributed by atoms with van der Waals surface area (Å²) in [4.78, 5) is 12.6. The summed E-state index contributed by atoms with van der Waals surface area (Å²) in [6, 6.07) is 7.46. The third-order valence-electron chi connectivity index (χ3n) is 3.17. The van der Waals surface area contributed by atoms with Crippen molar-refractivity contribution in [3.8, 4) is 5.75 Å². The van der Waals surface area contributed by atoms with Gasteiger partial charge >= 0.3 is 0 Å². The van der Waals surface area contributed by atoms with Crippen LogP contribution in [0.4, 0.5) is 0 Å². The van der Waals surface area contributed by atoms with Crippen LogP contribution >= 0.6 is 24.0 Å². The molecule has 0 spiro atoms. The zero-order valence-corrected chi connectivity index (χ0v) is 12.1. The largest absolute Gasteiger partial charge is 0.489 e. The molecular formula is C13H18Cl2N2O2. The number of nitrogens with zero attached hydrogens (tertiary/aromatic N) is 1. The fourth-order valence-electron chi connectivity index (χ4n) is 2.10. The topological polar surface area (TPSA) is 55.6 Å². The number of nitrogens with two attached hydrogens (primary N) is 1. The van der Waals surface area contributed by atoms with E-state index in [-0.39, 0.29) is 18.5 Å². The Morgan fingerprint density at radius 1 is 1.37 bits per heavy atom. The molecule has 0 radical (unpaired) electrons. The molecule has 1 aromatic rings. The van der Waals surface area contributed by atoms with Crippen molar-refractivity contribution in [1.29, 1.82) is 0 Å². The number of hydrogen-bond donors (Lipinski definition) is 1. The average Bonchev–Trinajstić information content (AvgIpc) is 2.41. The molecule has 1 aliphatic heterocycles. The summed E-state index contributed by atoms with van der Waals surface area (Å²) in [6.45, 7) is 1.55. The first-order valence-electron chi connectivity index (χ1n) is 6.07. The minimum absolute atomic E-state index is 0. The molecule has 1 unspecified atom stereocenters. The number of rotatable bonds is 4. The molecular weight excluding hydrogens is 287 g/mol. The number of likely N-dealkylation sites (tertiary alicyclic amines) is 1. The second-order valence-corrected chi connectivity index (χ2v) is 4.82. The molecule has 1 heterocycles. The number of benzene rings is 1. The lowest BCUT2D eigenvalue weighted by Gasteiger charge is -2.33. The number of ether oxygens (including phenoxy) is 1. The van der Waals surface area contributed by atoms with Gasteiger partial charge in [0.05, 0.1) is 5.02 Å². The Kier molecular flexibility index (Phi) is 6.58. The molecule has 0 aromatic heterocycles. The first kappa shape index (κ1) is 16.2. The molecule has 1 fully saturated rings. The molecule has 0 bridgehead atoms. The van der Waals surface area contributed by atoms with Gasteiger partial charge in [-0.1, -0.05) is 23.7 Å². The SMILES string of the molecule is Cl.NC(C=O)N1CCC(Oc2ccccc2Cl)CC1. The van der Waals surface area contributed by atoms with Crippen LogP contribution in [0.25, 0.3) is 0 Å². The van der Waals surface area contributed by atoms with E-state index in [1.165, 1.54) is 0 Å². The van der Waals surface area contributed by atoms with Crippen molar-refractivity contribution < 1.29 is 9.53 Å². The number of hydrogen-bond acceptors (Lipinski definition) is 4. The number of aldehydes is 1. The molecule has 0 amide bonds. The van der Waals surface area contributed by atoms with E-state index in [0.29, 0.717) is 5.02 Å².